The zero-order valence-corrected chi connectivity index (χ0v) is 19.2. The Balaban J connectivity index is 1.68. The second kappa shape index (κ2) is 9.46. The van der Waals surface area contributed by atoms with Crippen molar-refractivity contribution < 1.29 is 0 Å². The summed E-state index contributed by atoms with van der Waals surface area (Å²) in [5, 5.41) is 0.783. The van der Waals surface area contributed by atoms with Crippen molar-refractivity contribution in [2.45, 2.75) is 91.4 Å². The molecule has 0 amide bonds. The first kappa shape index (κ1) is 22.1. The maximum atomic E-state index is 13.0. The highest BCUT2D eigenvalue weighted by Gasteiger charge is 2.32. The van der Waals surface area contributed by atoms with Crippen LogP contribution in [-0.2, 0) is 19.3 Å². The summed E-state index contributed by atoms with van der Waals surface area (Å²) < 4.78 is 1.31. The van der Waals surface area contributed by atoms with Crippen LogP contribution < -0.4 is 11.4 Å². The molecule has 2 N–H and O–H groups in total. The molecular weight excluding hydrogens is 378 g/mol. The molecule has 2 aromatic heterocycles. The van der Waals surface area contributed by atoms with Crippen LogP contribution >= 0.6 is 11.3 Å². The predicted molar refractivity (Wildman–Crippen MR) is 125 cm³/mol. The van der Waals surface area contributed by atoms with E-state index < -0.39 is 0 Å². The van der Waals surface area contributed by atoms with Gasteiger partial charge in [0.15, 0.2) is 0 Å². The van der Waals surface area contributed by atoms with Crippen molar-refractivity contribution in [3.63, 3.8) is 0 Å². The van der Waals surface area contributed by atoms with Crippen molar-refractivity contribution in [3.8, 4) is 0 Å². The third-order valence-corrected chi connectivity index (χ3v) is 7.62. The summed E-state index contributed by atoms with van der Waals surface area (Å²) in [5.74, 6) is 7.57. The van der Waals surface area contributed by atoms with E-state index in [4.69, 9.17) is 10.8 Å². The summed E-state index contributed by atoms with van der Waals surface area (Å²) in [7, 11) is 0. The van der Waals surface area contributed by atoms with Crippen molar-refractivity contribution in [1.29, 1.82) is 0 Å². The Morgan fingerprint density at radius 1 is 1.21 bits per heavy atom. The highest BCUT2D eigenvalue weighted by atomic mass is 32.1. The van der Waals surface area contributed by atoms with Gasteiger partial charge in [0.2, 0.25) is 0 Å². The molecule has 2 heterocycles. The fourth-order valence-corrected chi connectivity index (χ4v) is 5.78. The third kappa shape index (κ3) is 5.11. The van der Waals surface area contributed by atoms with Crippen LogP contribution in [0.5, 0.6) is 0 Å². The molecule has 29 heavy (non-hydrogen) atoms. The minimum atomic E-state index is -0.0545. The fraction of sp³-hybridized carbons (Fsp3) is 0.667. The lowest BCUT2D eigenvalue weighted by Crippen LogP contribution is -2.32. The molecule has 0 bridgehead atoms. The molecule has 0 radical (unpaired) electrons. The second-order valence-corrected chi connectivity index (χ2v) is 10.7. The second-order valence-electron chi connectivity index (χ2n) is 9.64. The standard InChI is InChI=1S/C24H37N3OS/c1-5-6-7-8-9-10-11-12-13-20-26-22-21(23(28)27(20)25)18-15-14-17(24(2,3)4)16-19(18)29-22/h5,17H,1,6-16,25H2,2-4H3/t17-/m0/s1. The summed E-state index contributed by atoms with van der Waals surface area (Å²) in [6, 6.07) is 0. The van der Waals surface area contributed by atoms with Crippen LogP contribution in [0.1, 0.15) is 88.4 Å². The first-order valence-electron chi connectivity index (χ1n) is 11.2. The SMILES string of the molecule is C=CCCCCCCCCc1nc2sc3c(c2c(=O)n1N)CC[C@H](C(C)(C)C)C3. The lowest BCUT2D eigenvalue weighted by atomic mass is 9.72. The number of unbranched alkanes of at least 4 members (excludes halogenated alkanes) is 6. The van der Waals surface area contributed by atoms with Gasteiger partial charge in [-0.25, -0.2) is 9.66 Å². The van der Waals surface area contributed by atoms with Crippen molar-refractivity contribution >= 4 is 21.6 Å². The van der Waals surface area contributed by atoms with Gasteiger partial charge in [0.05, 0.1) is 5.39 Å². The van der Waals surface area contributed by atoms with E-state index in [0.29, 0.717) is 11.3 Å². The van der Waals surface area contributed by atoms with Gasteiger partial charge in [0.1, 0.15) is 10.7 Å². The number of nitrogens with zero attached hydrogens (tertiary/aromatic N) is 2. The molecule has 0 aromatic carbocycles. The van der Waals surface area contributed by atoms with E-state index in [1.807, 2.05) is 6.08 Å². The number of rotatable bonds is 9. The van der Waals surface area contributed by atoms with Gasteiger partial charge in [-0.05, 0) is 55.4 Å². The number of thiophene rings is 1. The van der Waals surface area contributed by atoms with E-state index in [9.17, 15) is 4.79 Å². The maximum Gasteiger partial charge on any atom is 0.280 e. The van der Waals surface area contributed by atoms with Gasteiger partial charge in [-0.15, -0.1) is 17.9 Å². The van der Waals surface area contributed by atoms with Crippen molar-refractivity contribution in [2.24, 2.45) is 11.3 Å². The minimum Gasteiger partial charge on any atom is -0.335 e. The van der Waals surface area contributed by atoms with Gasteiger partial charge >= 0.3 is 0 Å². The molecule has 3 rings (SSSR count). The average Bonchev–Trinajstić information content (AvgIpc) is 3.04. The van der Waals surface area contributed by atoms with E-state index in [0.717, 1.165) is 61.0 Å². The number of aryl methyl sites for hydroxylation is 2. The molecule has 160 valence electrons. The van der Waals surface area contributed by atoms with E-state index in [1.165, 1.54) is 40.8 Å². The van der Waals surface area contributed by atoms with Crippen molar-refractivity contribution in [1.82, 2.24) is 9.66 Å². The Labute approximate surface area is 179 Å². The summed E-state index contributed by atoms with van der Waals surface area (Å²) in [5.41, 5.74) is 1.46. The Bertz CT molecular complexity index is 903. The highest BCUT2D eigenvalue weighted by Crippen LogP contribution is 2.42. The van der Waals surface area contributed by atoms with Crippen LogP contribution in [0.15, 0.2) is 17.4 Å². The summed E-state index contributed by atoms with van der Waals surface area (Å²) in [6.45, 7) is 10.7. The summed E-state index contributed by atoms with van der Waals surface area (Å²) in [4.78, 5) is 20.1. The van der Waals surface area contributed by atoms with E-state index in [1.54, 1.807) is 11.3 Å². The van der Waals surface area contributed by atoms with Crippen molar-refractivity contribution in [3.05, 3.63) is 39.3 Å². The van der Waals surface area contributed by atoms with Gasteiger partial charge < -0.3 is 5.84 Å². The van der Waals surface area contributed by atoms with Gasteiger partial charge in [0, 0.05) is 11.3 Å². The number of nitrogen functional groups attached to an aromatic ring is 1. The molecule has 0 aliphatic heterocycles. The number of allylic oxidation sites excluding steroid dienone is 1. The molecule has 0 fully saturated rings. The highest BCUT2D eigenvalue weighted by molar-refractivity contribution is 7.18. The largest absolute Gasteiger partial charge is 0.335 e. The molecule has 0 saturated carbocycles. The molecule has 4 nitrogen and oxygen atoms in total. The zero-order valence-electron chi connectivity index (χ0n) is 18.4. The summed E-state index contributed by atoms with van der Waals surface area (Å²) >= 11 is 1.72. The van der Waals surface area contributed by atoms with Gasteiger partial charge in [-0.3, -0.25) is 4.79 Å². The molecule has 2 aromatic rings. The van der Waals surface area contributed by atoms with Crippen LogP contribution in [0.3, 0.4) is 0 Å². The predicted octanol–water partition coefficient (Wildman–Crippen LogP) is 5.78. The Kier molecular flexibility index (Phi) is 7.20. The zero-order chi connectivity index (χ0) is 21.0. The maximum absolute atomic E-state index is 13.0. The summed E-state index contributed by atoms with van der Waals surface area (Å²) in [6.07, 6.45) is 14.3. The Morgan fingerprint density at radius 3 is 2.59 bits per heavy atom. The molecule has 1 aliphatic rings. The number of fused-ring (bicyclic) bond motifs is 3. The quantitative estimate of drug-likeness (QED) is 0.321. The third-order valence-electron chi connectivity index (χ3n) is 6.47. The number of hydrogen-bond acceptors (Lipinski definition) is 4. The smallest absolute Gasteiger partial charge is 0.280 e. The molecular formula is C24H37N3OS. The van der Waals surface area contributed by atoms with Crippen LogP contribution in [0.4, 0.5) is 0 Å². The first-order chi connectivity index (χ1) is 13.8. The molecule has 1 aliphatic carbocycles. The molecule has 0 spiro atoms. The van der Waals surface area contributed by atoms with E-state index in [-0.39, 0.29) is 5.56 Å². The van der Waals surface area contributed by atoms with Crippen LogP contribution in [0, 0.1) is 11.3 Å². The lowest BCUT2D eigenvalue weighted by Gasteiger charge is -2.33. The molecule has 0 saturated heterocycles. The van der Waals surface area contributed by atoms with Crippen LogP contribution in [0.2, 0.25) is 0 Å². The van der Waals surface area contributed by atoms with Crippen LogP contribution in [0.25, 0.3) is 10.2 Å². The first-order valence-corrected chi connectivity index (χ1v) is 12.1. The van der Waals surface area contributed by atoms with Crippen molar-refractivity contribution in [2.75, 3.05) is 5.84 Å². The number of nitrogens with two attached hydrogens (primary N) is 1. The normalized spacial score (nSPS) is 16.9. The van der Waals surface area contributed by atoms with E-state index >= 15 is 0 Å². The fourth-order valence-electron chi connectivity index (χ4n) is 4.47. The Hall–Kier alpha value is -1.62. The lowest BCUT2D eigenvalue weighted by molar-refractivity contribution is 0.218. The monoisotopic (exact) mass is 415 g/mol. The van der Waals surface area contributed by atoms with Gasteiger partial charge in [0.25, 0.3) is 5.56 Å². The molecule has 1 atom stereocenters. The van der Waals surface area contributed by atoms with Crippen LogP contribution in [-0.4, -0.2) is 9.66 Å². The van der Waals surface area contributed by atoms with E-state index in [2.05, 4.69) is 27.4 Å². The molecule has 0 unspecified atom stereocenters. The number of aromatic nitrogens is 2. The molecule has 5 heteroatoms. The van der Waals surface area contributed by atoms with Gasteiger partial charge in [-0.1, -0.05) is 52.5 Å². The Morgan fingerprint density at radius 2 is 1.90 bits per heavy atom. The number of hydrogen-bond donors (Lipinski definition) is 1. The van der Waals surface area contributed by atoms with Gasteiger partial charge in [-0.2, -0.15) is 0 Å². The topological polar surface area (TPSA) is 60.9 Å². The average molecular weight is 416 g/mol. The minimum absolute atomic E-state index is 0.0545.